The zero-order chi connectivity index (χ0) is 19.5. The molecule has 1 aliphatic rings. The highest BCUT2D eigenvalue weighted by molar-refractivity contribution is 7.09. The number of aryl methyl sites for hydroxylation is 1. The standard InChI is InChI=1S/C21H18N4O2S/c1-14-22-19(13-28-14)15-6-5-7-16(12-15)23-21(27)18-10-11-20(26)25(24-18)17-8-3-2-4-9-17/h2-9,12-13H,10-11H2,1H3,(H,23,27). The van der Waals surface area contributed by atoms with Crippen LogP contribution in [0.3, 0.4) is 0 Å². The molecule has 1 aliphatic heterocycles. The fourth-order valence-corrected chi connectivity index (χ4v) is 3.57. The Morgan fingerprint density at radius 1 is 1.11 bits per heavy atom. The van der Waals surface area contributed by atoms with Crippen LogP contribution in [-0.2, 0) is 9.59 Å². The molecule has 0 bridgehead atoms. The molecule has 4 rings (SSSR count). The number of rotatable bonds is 4. The highest BCUT2D eigenvalue weighted by Gasteiger charge is 2.25. The summed E-state index contributed by atoms with van der Waals surface area (Å²) < 4.78 is 0. The summed E-state index contributed by atoms with van der Waals surface area (Å²) in [6.45, 7) is 1.96. The Hall–Kier alpha value is -3.32. The minimum Gasteiger partial charge on any atom is -0.321 e. The summed E-state index contributed by atoms with van der Waals surface area (Å²) in [6, 6.07) is 16.7. The van der Waals surface area contributed by atoms with E-state index in [2.05, 4.69) is 15.4 Å². The van der Waals surface area contributed by atoms with Gasteiger partial charge in [-0.1, -0.05) is 30.3 Å². The van der Waals surface area contributed by atoms with Gasteiger partial charge >= 0.3 is 0 Å². The summed E-state index contributed by atoms with van der Waals surface area (Å²) in [5.74, 6) is -0.427. The first-order valence-electron chi connectivity index (χ1n) is 8.89. The molecule has 0 aliphatic carbocycles. The van der Waals surface area contributed by atoms with Crippen LogP contribution in [0.15, 0.2) is 65.1 Å². The van der Waals surface area contributed by atoms with E-state index in [0.29, 0.717) is 23.5 Å². The van der Waals surface area contributed by atoms with Crippen LogP contribution < -0.4 is 10.3 Å². The van der Waals surface area contributed by atoms with Crippen LogP contribution in [0, 0.1) is 6.92 Å². The molecule has 140 valence electrons. The van der Waals surface area contributed by atoms with E-state index >= 15 is 0 Å². The number of carbonyl (C=O) groups is 2. The van der Waals surface area contributed by atoms with Crippen molar-refractivity contribution in [3.05, 3.63) is 65.0 Å². The van der Waals surface area contributed by atoms with Crippen LogP contribution in [0.5, 0.6) is 0 Å². The van der Waals surface area contributed by atoms with Gasteiger partial charge in [0.2, 0.25) is 5.91 Å². The van der Waals surface area contributed by atoms with Crippen molar-refractivity contribution in [2.45, 2.75) is 19.8 Å². The smallest absolute Gasteiger partial charge is 0.271 e. The summed E-state index contributed by atoms with van der Waals surface area (Å²) in [5.41, 5.74) is 3.47. The maximum atomic E-state index is 12.7. The van der Waals surface area contributed by atoms with E-state index in [1.807, 2.05) is 54.8 Å². The van der Waals surface area contributed by atoms with E-state index in [1.165, 1.54) is 5.01 Å². The van der Waals surface area contributed by atoms with Gasteiger partial charge in [0.05, 0.1) is 16.4 Å². The summed E-state index contributed by atoms with van der Waals surface area (Å²) in [4.78, 5) is 29.4. The van der Waals surface area contributed by atoms with Gasteiger partial charge in [-0.15, -0.1) is 11.3 Å². The maximum Gasteiger partial charge on any atom is 0.271 e. The van der Waals surface area contributed by atoms with E-state index in [1.54, 1.807) is 23.5 Å². The fraction of sp³-hybridized carbons (Fsp3) is 0.143. The number of nitrogens with one attached hydrogen (secondary N) is 1. The first-order valence-corrected chi connectivity index (χ1v) is 9.77. The van der Waals surface area contributed by atoms with Gasteiger partial charge < -0.3 is 5.32 Å². The second-order valence-corrected chi connectivity index (χ2v) is 7.44. The molecule has 0 unspecified atom stereocenters. The van der Waals surface area contributed by atoms with Crippen molar-refractivity contribution in [1.82, 2.24) is 4.98 Å². The average Bonchev–Trinajstić information content (AvgIpc) is 3.15. The Bertz CT molecular complexity index is 1060. The monoisotopic (exact) mass is 390 g/mol. The molecular weight excluding hydrogens is 372 g/mol. The van der Waals surface area contributed by atoms with E-state index in [4.69, 9.17) is 0 Å². The summed E-state index contributed by atoms with van der Waals surface area (Å²) in [7, 11) is 0. The molecule has 2 heterocycles. The molecule has 0 atom stereocenters. The molecule has 2 aromatic carbocycles. The number of benzene rings is 2. The number of amides is 2. The van der Waals surface area contributed by atoms with Crippen molar-refractivity contribution < 1.29 is 9.59 Å². The van der Waals surface area contributed by atoms with Gasteiger partial charge in [-0.05, 0) is 31.2 Å². The van der Waals surface area contributed by atoms with Crippen LogP contribution in [0.2, 0.25) is 0 Å². The lowest BCUT2D eigenvalue weighted by Crippen LogP contribution is -2.36. The predicted octanol–water partition coefficient (Wildman–Crippen LogP) is 4.24. The van der Waals surface area contributed by atoms with Crippen LogP contribution >= 0.6 is 11.3 Å². The van der Waals surface area contributed by atoms with Crippen LogP contribution in [0.4, 0.5) is 11.4 Å². The first kappa shape index (κ1) is 18.1. The van der Waals surface area contributed by atoms with E-state index in [9.17, 15) is 9.59 Å². The van der Waals surface area contributed by atoms with Gasteiger partial charge in [-0.2, -0.15) is 5.10 Å². The number of anilines is 2. The van der Waals surface area contributed by atoms with Crippen molar-refractivity contribution in [3.8, 4) is 11.3 Å². The molecule has 0 spiro atoms. The predicted molar refractivity (Wildman–Crippen MR) is 112 cm³/mol. The zero-order valence-electron chi connectivity index (χ0n) is 15.3. The Kier molecular flexibility index (Phi) is 4.99. The Morgan fingerprint density at radius 3 is 2.68 bits per heavy atom. The summed E-state index contributed by atoms with van der Waals surface area (Å²) >= 11 is 1.59. The molecule has 0 radical (unpaired) electrons. The van der Waals surface area contributed by atoms with Crippen LogP contribution in [0.1, 0.15) is 17.8 Å². The molecule has 7 heteroatoms. The topological polar surface area (TPSA) is 74.7 Å². The SMILES string of the molecule is Cc1nc(-c2cccc(NC(=O)C3=NN(c4ccccc4)C(=O)CC3)c2)cs1. The van der Waals surface area contributed by atoms with Gasteiger partial charge in [0.25, 0.3) is 5.91 Å². The highest BCUT2D eigenvalue weighted by atomic mass is 32.1. The lowest BCUT2D eigenvalue weighted by molar-refractivity contribution is -0.118. The molecule has 6 nitrogen and oxygen atoms in total. The summed E-state index contributed by atoms with van der Waals surface area (Å²) in [5, 5.41) is 11.5. The molecule has 1 aromatic heterocycles. The third-order valence-corrected chi connectivity index (χ3v) is 5.10. The van der Waals surface area contributed by atoms with Gasteiger partial charge in [0.1, 0.15) is 5.71 Å². The third kappa shape index (κ3) is 3.84. The quantitative estimate of drug-likeness (QED) is 0.724. The van der Waals surface area contributed by atoms with E-state index in [0.717, 1.165) is 16.3 Å². The number of carbonyl (C=O) groups excluding carboxylic acids is 2. The van der Waals surface area contributed by atoms with Crippen LogP contribution in [-0.4, -0.2) is 22.5 Å². The lowest BCUT2D eigenvalue weighted by Gasteiger charge is -2.23. The molecular formula is C21H18N4O2S. The lowest BCUT2D eigenvalue weighted by atomic mass is 10.1. The Labute approximate surface area is 166 Å². The van der Waals surface area contributed by atoms with E-state index in [-0.39, 0.29) is 18.2 Å². The van der Waals surface area contributed by atoms with Crippen LogP contribution in [0.25, 0.3) is 11.3 Å². The Morgan fingerprint density at radius 2 is 1.93 bits per heavy atom. The van der Waals surface area contributed by atoms with Gasteiger partial charge in [0.15, 0.2) is 0 Å². The minimum absolute atomic E-state index is 0.122. The second-order valence-electron chi connectivity index (χ2n) is 6.37. The van der Waals surface area contributed by atoms with Gasteiger partial charge in [-0.25, -0.2) is 9.99 Å². The molecule has 0 fully saturated rings. The van der Waals surface area contributed by atoms with Crippen molar-refractivity contribution in [3.63, 3.8) is 0 Å². The fourth-order valence-electron chi connectivity index (χ4n) is 2.94. The minimum atomic E-state index is -0.306. The van der Waals surface area contributed by atoms with Crippen molar-refractivity contribution in [2.24, 2.45) is 5.10 Å². The number of hydrogen-bond acceptors (Lipinski definition) is 5. The average molecular weight is 390 g/mol. The molecule has 2 amide bonds. The number of hydrogen-bond donors (Lipinski definition) is 1. The van der Waals surface area contributed by atoms with Crippen molar-refractivity contribution >= 4 is 40.2 Å². The van der Waals surface area contributed by atoms with Crippen molar-refractivity contribution in [1.29, 1.82) is 0 Å². The largest absolute Gasteiger partial charge is 0.321 e. The highest BCUT2D eigenvalue weighted by Crippen LogP contribution is 2.25. The summed E-state index contributed by atoms with van der Waals surface area (Å²) in [6.07, 6.45) is 0.568. The number of para-hydroxylation sites is 1. The van der Waals surface area contributed by atoms with Crippen molar-refractivity contribution in [2.75, 3.05) is 10.3 Å². The molecule has 3 aromatic rings. The molecule has 28 heavy (non-hydrogen) atoms. The number of hydrazone groups is 1. The number of nitrogens with zero attached hydrogens (tertiary/aromatic N) is 3. The number of aromatic nitrogens is 1. The maximum absolute atomic E-state index is 12.7. The Balaban J connectivity index is 1.54. The molecule has 0 saturated heterocycles. The van der Waals surface area contributed by atoms with Gasteiger partial charge in [-0.3, -0.25) is 9.59 Å². The van der Waals surface area contributed by atoms with E-state index < -0.39 is 0 Å². The molecule has 1 N–H and O–H groups in total. The normalized spacial score (nSPS) is 14.0. The third-order valence-electron chi connectivity index (χ3n) is 4.33. The number of thiazole rings is 1. The van der Waals surface area contributed by atoms with Gasteiger partial charge in [0, 0.05) is 29.5 Å². The first-order chi connectivity index (χ1) is 13.6. The molecule has 0 saturated carbocycles. The zero-order valence-corrected chi connectivity index (χ0v) is 16.1. The second kappa shape index (κ2) is 7.74.